The van der Waals surface area contributed by atoms with E-state index < -0.39 is 5.60 Å². The highest BCUT2D eigenvalue weighted by Gasteiger charge is 2.43. The van der Waals surface area contributed by atoms with E-state index in [1.165, 1.54) is 0 Å². The third-order valence-corrected chi connectivity index (χ3v) is 2.23. The number of hydrogen-bond donors (Lipinski definition) is 1. The second kappa shape index (κ2) is 2.04. The van der Waals surface area contributed by atoms with Crippen LogP contribution in [0.4, 0.5) is 0 Å². The Morgan fingerprint density at radius 2 is 2.60 bits per heavy atom. The van der Waals surface area contributed by atoms with Gasteiger partial charge in [-0.3, -0.25) is 4.79 Å². The Labute approximate surface area is 59.7 Å². The summed E-state index contributed by atoms with van der Waals surface area (Å²) < 4.78 is 5.45. The van der Waals surface area contributed by atoms with Gasteiger partial charge in [-0.1, -0.05) is 0 Å². The monoisotopic (exact) mass is 140 g/mol. The minimum Gasteiger partial charge on any atom is -0.361 e. The van der Waals surface area contributed by atoms with Crippen molar-refractivity contribution in [2.45, 2.75) is 24.5 Å². The maximum absolute atomic E-state index is 10.4. The van der Waals surface area contributed by atoms with Gasteiger partial charge in [-0.05, 0) is 12.8 Å². The molecule has 2 unspecified atom stereocenters. The van der Waals surface area contributed by atoms with Gasteiger partial charge in [0, 0.05) is 13.1 Å². The van der Waals surface area contributed by atoms with Gasteiger partial charge < -0.3 is 10.1 Å². The molecule has 2 aliphatic heterocycles. The molecule has 0 aromatic heterocycles. The van der Waals surface area contributed by atoms with Gasteiger partial charge in [0.1, 0.15) is 5.60 Å². The van der Waals surface area contributed by atoms with Crippen LogP contribution in [0.2, 0.25) is 0 Å². The summed E-state index contributed by atoms with van der Waals surface area (Å²) in [6, 6.07) is 0. The molecule has 3 heteroatoms. The topological polar surface area (TPSA) is 38.3 Å². The van der Waals surface area contributed by atoms with Gasteiger partial charge in [0.2, 0.25) is 6.29 Å². The number of fused-ring (bicyclic) bond motifs is 2. The van der Waals surface area contributed by atoms with Crippen LogP contribution < -0.4 is 5.32 Å². The molecular weight excluding hydrogens is 130 g/mol. The van der Waals surface area contributed by atoms with Crippen molar-refractivity contribution in [1.82, 2.24) is 5.32 Å². The zero-order valence-corrected chi connectivity index (χ0v) is 5.72. The molecule has 2 aliphatic rings. The number of carbonyl (C=O) groups excluding carboxylic acids is 1. The van der Waals surface area contributed by atoms with Crippen molar-refractivity contribution >= 4 is 6.29 Å². The molecule has 2 rings (SSSR count). The van der Waals surface area contributed by atoms with E-state index in [9.17, 15) is 4.79 Å². The van der Waals surface area contributed by atoms with Gasteiger partial charge >= 0.3 is 0 Å². The van der Waals surface area contributed by atoms with Gasteiger partial charge in [0.25, 0.3) is 0 Å². The smallest absolute Gasteiger partial charge is 0.234 e. The van der Waals surface area contributed by atoms with Crippen LogP contribution in [0.15, 0.2) is 0 Å². The number of ether oxygens (including phenoxy) is 1. The molecule has 1 N–H and O–H groups in total. The van der Waals surface area contributed by atoms with E-state index >= 15 is 0 Å². The Balaban J connectivity index is 2.16. The van der Waals surface area contributed by atoms with Crippen LogP contribution in [0.3, 0.4) is 0 Å². The molecule has 0 aromatic carbocycles. The van der Waals surface area contributed by atoms with E-state index in [0.29, 0.717) is 6.54 Å². The Kier molecular flexibility index (Phi) is 1.28. The Morgan fingerprint density at radius 3 is 3.30 bits per heavy atom. The highest BCUT2D eigenvalue weighted by Crippen LogP contribution is 2.30. The van der Waals surface area contributed by atoms with Crippen LogP contribution in [-0.2, 0) is 9.53 Å². The molecule has 2 atom stereocenters. The van der Waals surface area contributed by atoms with Crippen molar-refractivity contribution in [2.24, 2.45) is 0 Å². The quantitative estimate of drug-likeness (QED) is 0.539. The zero-order valence-electron chi connectivity index (χ0n) is 5.72. The third-order valence-electron chi connectivity index (χ3n) is 2.23. The molecule has 0 spiro atoms. The van der Waals surface area contributed by atoms with E-state index in [2.05, 4.69) is 5.32 Å². The molecule has 2 heterocycles. The summed E-state index contributed by atoms with van der Waals surface area (Å²) in [7, 11) is 0. The SMILES string of the molecule is O=[C]C12CCC(CNC1)O2. The second-order valence-corrected chi connectivity index (χ2v) is 3.01. The molecule has 0 aliphatic carbocycles. The lowest BCUT2D eigenvalue weighted by Gasteiger charge is -2.27. The maximum atomic E-state index is 10.4. The van der Waals surface area contributed by atoms with Gasteiger partial charge in [-0.25, -0.2) is 0 Å². The summed E-state index contributed by atoms with van der Waals surface area (Å²) in [5.41, 5.74) is -0.580. The standard InChI is InChI=1S/C7H10NO2/c9-5-7-2-1-6(10-7)3-8-4-7/h6,8H,1-4H2. The van der Waals surface area contributed by atoms with Crippen molar-refractivity contribution in [3.05, 3.63) is 0 Å². The molecule has 10 heavy (non-hydrogen) atoms. The molecular formula is C7H10NO2. The van der Waals surface area contributed by atoms with Gasteiger partial charge in [-0.15, -0.1) is 0 Å². The zero-order chi connectivity index (χ0) is 7.03. The first-order valence-corrected chi connectivity index (χ1v) is 3.62. The van der Waals surface area contributed by atoms with E-state index in [0.717, 1.165) is 19.4 Å². The summed E-state index contributed by atoms with van der Waals surface area (Å²) in [5, 5.41) is 3.15. The molecule has 55 valence electrons. The molecule has 2 bridgehead atoms. The van der Waals surface area contributed by atoms with E-state index in [4.69, 9.17) is 4.74 Å². The van der Waals surface area contributed by atoms with Crippen LogP contribution in [0, 0.1) is 0 Å². The van der Waals surface area contributed by atoms with Crippen LogP contribution in [0.25, 0.3) is 0 Å². The molecule has 2 saturated heterocycles. The van der Waals surface area contributed by atoms with E-state index in [1.807, 2.05) is 6.29 Å². The number of hydrogen-bond acceptors (Lipinski definition) is 3. The van der Waals surface area contributed by atoms with Crippen molar-refractivity contribution in [3.63, 3.8) is 0 Å². The highest BCUT2D eigenvalue weighted by atomic mass is 16.5. The first-order chi connectivity index (χ1) is 4.85. The fraction of sp³-hybridized carbons (Fsp3) is 0.857. The minimum absolute atomic E-state index is 0.259. The lowest BCUT2D eigenvalue weighted by atomic mass is 10.0. The summed E-state index contributed by atoms with van der Waals surface area (Å²) in [6.45, 7) is 1.54. The van der Waals surface area contributed by atoms with Crippen molar-refractivity contribution < 1.29 is 9.53 Å². The van der Waals surface area contributed by atoms with Crippen LogP contribution in [0.5, 0.6) is 0 Å². The first kappa shape index (κ1) is 6.31. The normalized spacial score (nSPS) is 45.4. The van der Waals surface area contributed by atoms with E-state index in [1.54, 1.807) is 0 Å². The predicted octanol–water partition coefficient (Wildman–Crippen LogP) is -0.383. The Bertz CT molecular complexity index is 156. The second-order valence-electron chi connectivity index (χ2n) is 3.01. The van der Waals surface area contributed by atoms with Crippen LogP contribution >= 0.6 is 0 Å². The lowest BCUT2D eigenvalue weighted by Crippen LogP contribution is -2.49. The molecule has 0 saturated carbocycles. The summed E-state index contributed by atoms with van der Waals surface area (Å²) >= 11 is 0. The Morgan fingerprint density at radius 1 is 1.70 bits per heavy atom. The Hall–Kier alpha value is -0.410. The van der Waals surface area contributed by atoms with Gasteiger partial charge in [-0.2, -0.15) is 0 Å². The number of nitrogens with one attached hydrogen (secondary N) is 1. The molecule has 0 aromatic rings. The fourth-order valence-electron chi connectivity index (χ4n) is 1.65. The molecule has 1 radical (unpaired) electrons. The largest absolute Gasteiger partial charge is 0.361 e. The first-order valence-electron chi connectivity index (χ1n) is 3.62. The van der Waals surface area contributed by atoms with Gasteiger partial charge in [0.15, 0.2) is 0 Å². The molecule has 0 amide bonds. The number of rotatable bonds is 1. The summed E-state index contributed by atoms with van der Waals surface area (Å²) in [4.78, 5) is 10.4. The minimum atomic E-state index is -0.580. The predicted molar refractivity (Wildman–Crippen MR) is 35.4 cm³/mol. The fourth-order valence-corrected chi connectivity index (χ4v) is 1.65. The average Bonchev–Trinajstić information content (AvgIpc) is 2.29. The average molecular weight is 140 g/mol. The summed E-state index contributed by atoms with van der Waals surface area (Å²) in [5.74, 6) is 0. The maximum Gasteiger partial charge on any atom is 0.234 e. The molecule has 2 fully saturated rings. The van der Waals surface area contributed by atoms with E-state index in [-0.39, 0.29) is 6.10 Å². The highest BCUT2D eigenvalue weighted by molar-refractivity contribution is 5.64. The number of morpholine rings is 1. The molecule has 3 nitrogen and oxygen atoms in total. The van der Waals surface area contributed by atoms with Crippen molar-refractivity contribution in [3.8, 4) is 0 Å². The third kappa shape index (κ3) is 0.777. The van der Waals surface area contributed by atoms with Gasteiger partial charge in [0.05, 0.1) is 6.10 Å². The van der Waals surface area contributed by atoms with Crippen molar-refractivity contribution in [2.75, 3.05) is 13.1 Å². The van der Waals surface area contributed by atoms with Crippen molar-refractivity contribution in [1.29, 1.82) is 0 Å². The van der Waals surface area contributed by atoms with Crippen LogP contribution in [0.1, 0.15) is 12.8 Å². The lowest BCUT2D eigenvalue weighted by molar-refractivity contribution is -0.0203. The van der Waals surface area contributed by atoms with Crippen LogP contribution in [-0.4, -0.2) is 31.1 Å². The summed E-state index contributed by atoms with van der Waals surface area (Å²) in [6.07, 6.45) is 4.08.